The smallest absolute Gasteiger partial charge is 0.359 e. The first-order chi connectivity index (χ1) is 9.76. The van der Waals surface area contributed by atoms with Crippen LogP contribution in [-0.4, -0.2) is 24.8 Å². The fourth-order valence-electron chi connectivity index (χ4n) is 2.28. The zero-order valence-electron chi connectivity index (χ0n) is 12.2. The molecule has 1 aliphatic rings. The van der Waals surface area contributed by atoms with Crippen molar-refractivity contribution in [3.63, 3.8) is 0 Å². The summed E-state index contributed by atoms with van der Waals surface area (Å²) in [7, 11) is 0. The summed E-state index contributed by atoms with van der Waals surface area (Å²) >= 11 is 6.00. The van der Waals surface area contributed by atoms with E-state index in [1.807, 2.05) is 13.8 Å². The van der Waals surface area contributed by atoms with E-state index in [1.54, 1.807) is 18.2 Å². The molecule has 0 atom stereocenters. The van der Waals surface area contributed by atoms with E-state index in [4.69, 9.17) is 11.6 Å². The predicted octanol–water partition coefficient (Wildman–Crippen LogP) is 4.37. The van der Waals surface area contributed by atoms with Gasteiger partial charge in [-0.05, 0) is 36.6 Å². The van der Waals surface area contributed by atoms with Crippen LogP contribution in [0.3, 0.4) is 0 Å². The summed E-state index contributed by atoms with van der Waals surface area (Å²) < 4.78 is 38.5. The highest BCUT2D eigenvalue weighted by Gasteiger charge is 2.38. The Morgan fingerprint density at radius 2 is 2.00 bits per heavy atom. The number of nitrogens with one attached hydrogen (secondary N) is 1. The topological polar surface area (TPSA) is 15.3 Å². The monoisotopic (exact) mass is 320 g/mol. The lowest BCUT2D eigenvalue weighted by Gasteiger charge is -2.28. The Morgan fingerprint density at radius 1 is 1.33 bits per heavy atom. The number of rotatable bonds is 6. The molecule has 0 heterocycles. The molecule has 118 valence electrons. The summed E-state index contributed by atoms with van der Waals surface area (Å²) in [5.74, 6) is 0. The van der Waals surface area contributed by atoms with Gasteiger partial charge in [-0.1, -0.05) is 25.4 Å². The van der Waals surface area contributed by atoms with Crippen molar-refractivity contribution >= 4 is 17.3 Å². The fourth-order valence-corrected chi connectivity index (χ4v) is 2.47. The standard InChI is InChI=1S/C15H20ClF3N2/c1-10(2)20-8-11-7-12(16)3-6-14(11)21(13-4-5-13)9-15(17,18)19/h3,6-7,10,13,20H,4-5,8-9H2,1-2H3. The summed E-state index contributed by atoms with van der Waals surface area (Å²) in [6.07, 6.45) is -2.57. The van der Waals surface area contributed by atoms with Gasteiger partial charge in [-0.25, -0.2) is 0 Å². The molecule has 0 unspecified atom stereocenters. The highest BCUT2D eigenvalue weighted by Crippen LogP contribution is 2.36. The molecule has 1 aliphatic carbocycles. The van der Waals surface area contributed by atoms with Gasteiger partial charge in [0.1, 0.15) is 6.54 Å². The number of alkyl halides is 3. The highest BCUT2D eigenvalue weighted by atomic mass is 35.5. The Hall–Kier alpha value is -0.940. The van der Waals surface area contributed by atoms with Gasteiger partial charge in [0.15, 0.2) is 0 Å². The number of anilines is 1. The molecule has 0 aromatic heterocycles. The van der Waals surface area contributed by atoms with Crippen molar-refractivity contribution < 1.29 is 13.2 Å². The number of hydrogen-bond acceptors (Lipinski definition) is 2. The molecule has 2 rings (SSSR count). The van der Waals surface area contributed by atoms with Crippen LogP contribution in [0, 0.1) is 0 Å². The van der Waals surface area contributed by atoms with Crippen molar-refractivity contribution in [1.82, 2.24) is 5.32 Å². The average molecular weight is 321 g/mol. The second-order valence-corrected chi connectivity index (χ2v) is 6.22. The summed E-state index contributed by atoms with van der Waals surface area (Å²) in [6, 6.07) is 5.35. The Morgan fingerprint density at radius 3 is 2.52 bits per heavy atom. The molecule has 1 N–H and O–H groups in total. The van der Waals surface area contributed by atoms with Gasteiger partial charge in [-0.3, -0.25) is 0 Å². The molecule has 0 aliphatic heterocycles. The van der Waals surface area contributed by atoms with E-state index >= 15 is 0 Å². The predicted molar refractivity (Wildman–Crippen MR) is 79.9 cm³/mol. The third-order valence-electron chi connectivity index (χ3n) is 3.39. The molecule has 0 bridgehead atoms. The minimum Gasteiger partial charge on any atom is -0.359 e. The number of hydrogen-bond donors (Lipinski definition) is 1. The van der Waals surface area contributed by atoms with E-state index in [0.717, 1.165) is 18.4 Å². The maximum Gasteiger partial charge on any atom is 0.405 e. The Kier molecular flexibility index (Phi) is 5.04. The van der Waals surface area contributed by atoms with Crippen LogP contribution in [0.15, 0.2) is 18.2 Å². The second kappa shape index (κ2) is 6.44. The van der Waals surface area contributed by atoms with E-state index in [2.05, 4.69) is 5.32 Å². The molecule has 0 saturated heterocycles. The van der Waals surface area contributed by atoms with E-state index in [1.165, 1.54) is 4.90 Å². The SMILES string of the molecule is CC(C)NCc1cc(Cl)ccc1N(CC(F)(F)F)C1CC1. The van der Waals surface area contributed by atoms with Crippen LogP contribution in [0.1, 0.15) is 32.3 Å². The van der Waals surface area contributed by atoms with Crippen molar-refractivity contribution in [3.8, 4) is 0 Å². The van der Waals surface area contributed by atoms with Gasteiger partial charge >= 0.3 is 6.18 Å². The van der Waals surface area contributed by atoms with Gasteiger partial charge in [0.25, 0.3) is 0 Å². The molecule has 0 spiro atoms. The molecular weight excluding hydrogens is 301 g/mol. The molecule has 6 heteroatoms. The second-order valence-electron chi connectivity index (χ2n) is 5.78. The molecule has 2 nitrogen and oxygen atoms in total. The van der Waals surface area contributed by atoms with Gasteiger partial charge < -0.3 is 10.2 Å². The van der Waals surface area contributed by atoms with E-state index in [9.17, 15) is 13.2 Å². The quantitative estimate of drug-likeness (QED) is 0.837. The lowest BCUT2D eigenvalue weighted by atomic mass is 10.1. The fraction of sp³-hybridized carbons (Fsp3) is 0.600. The Balaban J connectivity index is 2.26. The van der Waals surface area contributed by atoms with Crippen molar-refractivity contribution in [3.05, 3.63) is 28.8 Å². The lowest BCUT2D eigenvalue weighted by molar-refractivity contribution is -0.120. The zero-order chi connectivity index (χ0) is 15.6. The lowest BCUT2D eigenvalue weighted by Crippen LogP contribution is -2.37. The molecule has 1 saturated carbocycles. The molecule has 0 radical (unpaired) electrons. The van der Waals surface area contributed by atoms with Gasteiger partial charge in [0.2, 0.25) is 0 Å². The third kappa shape index (κ3) is 5.08. The van der Waals surface area contributed by atoms with Gasteiger partial charge in [-0.15, -0.1) is 0 Å². The molecule has 1 fully saturated rings. The Bertz CT molecular complexity index is 484. The van der Waals surface area contributed by atoms with Gasteiger partial charge in [0, 0.05) is 29.3 Å². The van der Waals surface area contributed by atoms with Crippen LogP contribution in [0.25, 0.3) is 0 Å². The molecule has 1 aromatic carbocycles. The third-order valence-corrected chi connectivity index (χ3v) is 3.62. The maximum absolute atomic E-state index is 12.8. The van der Waals surface area contributed by atoms with Crippen molar-refractivity contribution in [2.45, 2.75) is 51.5 Å². The largest absolute Gasteiger partial charge is 0.405 e. The number of benzene rings is 1. The normalized spacial score (nSPS) is 15.6. The van der Waals surface area contributed by atoms with E-state index in [0.29, 0.717) is 17.3 Å². The van der Waals surface area contributed by atoms with Gasteiger partial charge in [-0.2, -0.15) is 13.2 Å². The number of halogens is 4. The van der Waals surface area contributed by atoms with Crippen LogP contribution in [0.2, 0.25) is 5.02 Å². The summed E-state index contributed by atoms with van der Waals surface area (Å²) in [6.45, 7) is 3.60. The summed E-state index contributed by atoms with van der Waals surface area (Å²) in [5.41, 5.74) is 1.44. The first-order valence-corrected chi connectivity index (χ1v) is 7.49. The summed E-state index contributed by atoms with van der Waals surface area (Å²) in [4.78, 5) is 1.47. The Labute approximate surface area is 128 Å². The minimum atomic E-state index is -4.20. The van der Waals surface area contributed by atoms with Gasteiger partial charge in [0.05, 0.1) is 0 Å². The van der Waals surface area contributed by atoms with Crippen molar-refractivity contribution in [1.29, 1.82) is 0 Å². The van der Waals surface area contributed by atoms with E-state index < -0.39 is 12.7 Å². The van der Waals surface area contributed by atoms with E-state index in [-0.39, 0.29) is 12.1 Å². The first kappa shape index (κ1) is 16.4. The molecule has 0 amide bonds. The average Bonchev–Trinajstić information content (AvgIpc) is 3.17. The summed E-state index contributed by atoms with van der Waals surface area (Å²) in [5, 5.41) is 3.78. The van der Waals surface area contributed by atoms with Crippen molar-refractivity contribution in [2.75, 3.05) is 11.4 Å². The van der Waals surface area contributed by atoms with Crippen LogP contribution in [-0.2, 0) is 6.54 Å². The first-order valence-electron chi connectivity index (χ1n) is 7.11. The molecular formula is C15H20ClF3N2. The van der Waals surface area contributed by atoms with Crippen molar-refractivity contribution in [2.24, 2.45) is 0 Å². The molecule has 1 aromatic rings. The maximum atomic E-state index is 12.8. The number of nitrogens with zero attached hydrogens (tertiary/aromatic N) is 1. The van der Waals surface area contributed by atoms with Crippen LogP contribution < -0.4 is 10.2 Å². The molecule has 21 heavy (non-hydrogen) atoms. The highest BCUT2D eigenvalue weighted by molar-refractivity contribution is 6.30. The minimum absolute atomic E-state index is 0.00870. The zero-order valence-corrected chi connectivity index (χ0v) is 12.9. The van der Waals surface area contributed by atoms with Crippen LogP contribution in [0.4, 0.5) is 18.9 Å². The van der Waals surface area contributed by atoms with Crippen LogP contribution >= 0.6 is 11.6 Å². The van der Waals surface area contributed by atoms with Crippen LogP contribution in [0.5, 0.6) is 0 Å².